The zero-order chi connectivity index (χ0) is 29.9. The Morgan fingerprint density at radius 2 is 1.88 bits per heavy atom. The number of anilines is 1. The molecule has 12 heteroatoms. The molecular weight excluding hydrogens is 535 g/mol. The molecule has 216 valence electrons. The van der Waals surface area contributed by atoms with Crippen molar-refractivity contribution in [2.75, 3.05) is 39.5 Å². The van der Waals surface area contributed by atoms with Crippen LogP contribution in [-0.4, -0.2) is 66.3 Å². The number of likely N-dealkylation sites (N-methyl/N-ethyl adjacent to an activating group) is 1. The van der Waals surface area contributed by atoms with E-state index >= 15 is 0 Å². The molecular formula is C29H32F3N7O2. The molecule has 2 heterocycles. The first-order valence-electron chi connectivity index (χ1n) is 12.7. The van der Waals surface area contributed by atoms with Gasteiger partial charge >= 0.3 is 0 Å². The van der Waals surface area contributed by atoms with Gasteiger partial charge in [0.05, 0.1) is 30.1 Å². The molecule has 0 aliphatic rings. The van der Waals surface area contributed by atoms with E-state index in [0.29, 0.717) is 46.7 Å². The van der Waals surface area contributed by atoms with E-state index in [0.717, 1.165) is 0 Å². The number of pyridine rings is 1. The highest BCUT2D eigenvalue weighted by Gasteiger charge is 2.21. The summed E-state index contributed by atoms with van der Waals surface area (Å²) in [6.45, 7) is 5.87. The molecule has 0 aliphatic heterocycles. The summed E-state index contributed by atoms with van der Waals surface area (Å²) in [5, 5.41) is 3.00. The molecule has 0 fully saturated rings. The predicted molar refractivity (Wildman–Crippen MR) is 153 cm³/mol. The number of nitrogens with one attached hydrogen (secondary N) is 1. The van der Waals surface area contributed by atoms with Crippen molar-refractivity contribution >= 4 is 18.6 Å². The molecule has 0 bridgehead atoms. The number of rotatable bonds is 13. The number of hydrogen-bond donors (Lipinski definition) is 2. The zero-order valence-corrected chi connectivity index (χ0v) is 23.1. The molecule has 0 saturated carbocycles. The maximum absolute atomic E-state index is 13.6. The van der Waals surface area contributed by atoms with E-state index in [2.05, 4.69) is 32.0 Å². The lowest BCUT2D eigenvalue weighted by atomic mass is 9.99. The van der Waals surface area contributed by atoms with Gasteiger partial charge in [-0.15, -0.1) is 0 Å². The number of aryl methyl sites for hydroxylation is 1. The average molecular weight is 568 g/mol. The number of halogens is 3. The topological polar surface area (TPSA) is 119 Å². The minimum atomic E-state index is -2.79. The molecule has 1 aromatic carbocycles. The van der Waals surface area contributed by atoms with Crippen molar-refractivity contribution in [2.24, 2.45) is 4.99 Å². The molecule has 3 N–H and O–H groups in total. The average Bonchev–Trinajstić information content (AvgIpc) is 2.93. The van der Waals surface area contributed by atoms with E-state index in [9.17, 15) is 18.0 Å². The van der Waals surface area contributed by atoms with Gasteiger partial charge < -0.3 is 20.7 Å². The maximum atomic E-state index is 13.6. The van der Waals surface area contributed by atoms with E-state index in [4.69, 9.17) is 10.5 Å². The molecule has 1 amide bonds. The first-order chi connectivity index (χ1) is 19.6. The molecule has 3 aromatic rings. The van der Waals surface area contributed by atoms with Crippen LogP contribution in [0.4, 0.5) is 19.1 Å². The van der Waals surface area contributed by atoms with Gasteiger partial charge in [0.2, 0.25) is 17.7 Å². The van der Waals surface area contributed by atoms with Gasteiger partial charge in [-0.1, -0.05) is 12.2 Å². The van der Waals surface area contributed by atoms with Gasteiger partial charge in [-0.25, -0.2) is 18.2 Å². The Labute approximate surface area is 236 Å². The highest BCUT2D eigenvalue weighted by atomic mass is 19.3. The van der Waals surface area contributed by atoms with Crippen molar-refractivity contribution in [1.29, 1.82) is 0 Å². The minimum absolute atomic E-state index is 0.0548. The molecule has 0 radical (unpaired) electrons. The first kappa shape index (κ1) is 31.0. The summed E-state index contributed by atoms with van der Waals surface area (Å²) < 4.78 is 46.8. The normalized spacial score (nSPS) is 11.7. The van der Waals surface area contributed by atoms with E-state index < -0.39 is 17.9 Å². The van der Waals surface area contributed by atoms with Crippen LogP contribution in [0.1, 0.15) is 24.2 Å². The van der Waals surface area contributed by atoms with Crippen molar-refractivity contribution in [1.82, 2.24) is 25.2 Å². The number of carbonyl (C=O) groups is 1. The molecule has 41 heavy (non-hydrogen) atoms. The number of aliphatic imine (C=N–C) groups is 1. The largest absolute Gasteiger partial charge is 0.477 e. The van der Waals surface area contributed by atoms with Gasteiger partial charge in [-0.2, -0.15) is 4.98 Å². The van der Waals surface area contributed by atoms with E-state index in [1.807, 2.05) is 6.08 Å². The van der Waals surface area contributed by atoms with Crippen LogP contribution in [0.3, 0.4) is 0 Å². The van der Waals surface area contributed by atoms with Crippen LogP contribution in [-0.2, 0) is 4.79 Å². The SMILES string of the molecule is C=N/C(=C\C=C/CCOc1nc(N)nc(-c2ccc(F)cc2)c1-c1cc(C)nc(C(F)F)c1)CNCC(=O)N(C)C. The highest BCUT2D eigenvalue weighted by molar-refractivity contribution is 5.85. The molecule has 3 rings (SSSR count). The van der Waals surface area contributed by atoms with Crippen LogP contribution in [0, 0.1) is 12.7 Å². The highest BCUT2D eigenvalue weighted by Crippen LogP contribution is 2.39. The second-order valence-corrected chi connectivity index (χ2v) is 9.11. The Hall–Kier alpha value is -4.58. The number of hydrogen-bond acceptors (Lipinski definition) is 8. The van der Waals surface area contributed by atoms with E-state index in [1.54, 1.807) is 39.2 Å². The number of alkyl halides is 2. The monoisotopic (exact) mass is 567 g/mol. The Morgan fingerprint density at radius 1 is 1.15 bits per heavy atom. The van der Waals surface area contributed by atoms with Gasteiger partial charge in [0, 0.05) is 31.9 Å². The fraction of sp³-hybridized carbons (Fsp3) is 0.276. The van der Waals surface area contributed by atoms with Gasteiger partial charge in [-0.05, 0) is 68.1 Å². The summed E-state index contributed by atoms with van der Waals surface area (Å²) in [6, 6.07) is 8.42. The van der Waals surface area contributed by atoms with E-state index in [-0.39, 0.29) is 30.9 Å². The summed E-state index contributed by atoms with van der Waals surface area (Å²) in [5.41, 5.74) is 8.09. The second-order valence-electron chi connectivity index (χ2n) is 9.11. The third kappa shape index (κ3) is 8.97. The van der Waals surface area contributed by atoms with Gasteiger partial charge in [0.25, 0.3) is 6.43 Å². The third-order valence-corrected chi connectivity index (χ3v) is 5.73. The van der Waals surface area contributed by atoms with Crippen molar-refractivity contribution in [3.8, 4) is 28.3 Å². The second kappa shape index (κ2) is 14.7. The molecule has 0 aliphatic carbocycles. The number of allylic oxidation sites excluding steroid dienone is 2. The van der Waals surface area contributed by atoms with E-state index in [1.165, 1.54) is 35.2 Å². The molecule has 2 aromatic heterocycles. The number of benzene rings is 1. The molecule has 0 saturated heterocycles. The standard InChI is InChI=1S/C29H32F3N7O2/c1-18-14-20(15-23(36-18)27(31)32)25-26(19-9-11-21(30)12-10-19)37-29(33)38-28(25)41-13-7-5-6-8-22(34-2)16-35-17-24(40)39(3)4/h5-6,8-12,14-15,27,35H,2,7,13,16-17H2,1,3-4H3,(H2,33,37,38)/b6-5-,22-8-. The van der Waals surface area contributed by atoms with Crippen molar-refractivity contribution in [2.45, 2.75) is 19.8 Å². The predicted octanol–water partition coefficient (Wildman–Crippen LogP) is 4.76. The van der Waals surface area contributed by atoms with Gasteiger partial charge in [0.15, 0.2) is 0 Å². The Morgan fingerprint density at radius 3 is 2.54 bits per heavy atom. The summed E-state index contributed by atoms with van der Waals surface area (Å²) in [5.74, 6) is -0.499. The zero-order valence-electron chi connectivity index (χ0n) is 23.1. The molecule has 9 nitrogen and oxygen atoms in total. The number of nitrogens with zero attached hydrogens (tertiary/aromatic N) is 5. The summed E-state index contributed by atoms with van der Waals surface area (Å²) in [6.07, 6.45) is 3.04. The fourth-order valence-electron chi connectivity index (χ4n) is 3.71. The Balaban J connectivity index is 1.83. The third-order valence-electron chi connectivity index (χ3n) is 5.73. The van der Waals surface area contributed by atoms with Gasteiger partial charge in [-0.3, -0.25) is 14.8 Å². The van der Waals surface area contributed by atoms with Gasteiger partial charge in [0.1, 0.15) is 11.5 Å². The van der Waals surface area contributed by atoms with Crippen molar-refractivity contribution < 1.29 is 22.7 Å². The minimum Gasteiger partial charge on any atom is -0.477 e. The maximum Gasteiger partial charge on any atom is 0.280 e. The van der Waals surface area contributed by atoms with Crippen LogP contribution in [0.25, 0.3) is 22.4 Å². The van der Waals surface area contributed by atoms with Crippen LogP contribution < -0.4 is 15.8 Å². The number of nitrogens with two attached hydrogens (primary N) is 1. The van der Waals surface area contributed by atoms with Crippen LogP contribution in [0.15, 0.2) is 65.3 Å². The molecule has 0 spiro atoms. The smallest absolute Gasteiger partial charge is 0.280 e. The van der Waals surface area contributed by atoms with Crippen molar-refractivity contribution in [3.05, 3.63) is 77.5 Å². The summed E-state index contributed by atoms with van der Waals surface area (Å²) in [4.78, 5) is 29.6. The number of amides is 1. The summed E-state index contributed by atoms with van der Waals surface area (Å²) >= 11 is 0. The lowest BCUT2D eigenvalue weighted by molar-refractivity contribution is -0.127. The van der Waals surface area contributed by atoms with Crippen LogP contribution in [0.5, 0.6) is 5.88 Å². The Kier molecular flexibility index (Phi) is 11.1. The lowest BCUT2D eigenvalue weighted by Gasteiger charge is -2.16. The van der Waals surface area contributed by atoms with Crippen LogP contribution >= 0.6 is 0 Å². The lowest BCUT2D eigenvalue weighted by Crippen LogP contribution is -2.33. The quantitative estimate of drug-likeness (QED) is 0.174. The number of aromatic nitrogens is 3. The molecule has 0 unspecified atom stereocenters. The van der Waals surface area contributed by atoms with Crippen LogP contribution in [0.2, 0.25) is 0 Å². The molecule has 0 atom stereocenters. The number of ether oxygens (including phenoxy) is 1. The first-order valence-corrected chi connectivity index (χ1v) is 12.7. The fourth-order valence-corrected chi connectivity index (χ4v) is 3.71. The summed E-state index contributed by atoms with van der Waals surface area (Å²) in [7, 11) is 3.36. The Bertz CT molecular complexity index is 1420. The van der Waals surface area contributed by atoms with Crippen molar-refractivity contribution in [3.63, 3.8) is 0 Å². The number of carbonyl (C=O) groups excluding carboxylic acids is 1. The number of nitrogen functional groups attached to an aromatic ring is 1.